The molecular formula is C13H20ClNO2S. The van der Waals surface area contributed by atoms with Crippen molar-refractivity contribution in [1.29, 1.82) is 0 Å². The van der Waals surface area contributed by atoms with Crippen molar-refractivity contribution in [3.63, 3.8) is 0 Å². The summed E-state index contributed by atoms with van der Waals surface area (Å²) >= 11 is 6.00. The Kier molecular flexibility index (Phi) is 6.12. The fourth-order valence-electron chi connectivity index (χ4n) is 1.73. The minimum absolute atomic E-state index is 0.0236. The maximum atomic E-state index is 12.3. The van der Waals surface area contributed by atoms with Crippen LogP contribution in [0.15, 0.2) is 24.3 Å². The maximum absolute atomic E-state index is 12.3. The second-order valence-corrected chi connectivity index (χ2v) is 6.57. The summed E-state index contributed by atoms with van der Waals surface area (Å²) in [6, 6.07) is 7.08. The standard InChI is InChI=1S/C13H20ClNO2S/c1-3-5-10-15(4-2)18(16,17)11-12-8-6-7-9-13(12)14/h6-9H,3-5,10-11H2,1-2H3. The van der Waals surface area contributed by atoms with Crippen molar-refractivity contribution in [2.45, 2.75) is 32.4 Å². The van der Waals surface area contributed by atoms with Crippen molar-refractivity contribution < 1.29 is 8.42 Å². The van der Waals surface area contributed by atoms with Crippen LogP contribution in [0.25, 0.3) is 0 Å². The van der Waals surface area contributed by atoms with Crippen LogP contribution in [-0.4, -0.2) is 25.8 Å². The summed E-state index contributed by atoms with van der Waals surface area (Å²) in [6.45, 7) is 5.00. The van der Waals surface area contributed by atoms with Gasteiger partial charge in [0.2, 0.25) is 10.0 Å². The van der Waals surface area contributed by atoms with Crippen molar-refractivity contribution in [3.8, 4) is 0 Å². The van der Waals surface area contributed by atoms with Crippen LogP contribution in [0.2, 0.25) is 5.02 Å². The van der Waals surface area contributed by atoms with Gasteiger partial charge in [0.25, 0.3) is 0 Å². The molecule has 18 heavy (non-hydrogen) atoms. The molecule has 0 bridgehead atoms. The van der Waals surface area contributed by atoms with Crippen LogP contribution in [0.5, 0.6) is 0 Å². The third-order valence-corrected chi connectivity index (χ3v) is 5.08. The molecule has 1 rings (SSSR count). The highest BCUT2D eigenvalue weighted by Gasteiger charge is 2.21. The highest BCUT2D eigenvalue weighted by atomic mass is 35.5. The van der Waals surface area contributed by atoms with Crippen molar-refractivity contribution in [3.05, 3.63) is 34.9 Å². The molecule has 1 aromatic carbocycles. The Morgan fingerprint density at radius 1 is 1.22 bits per heavy atom. The molecule has 0 fully saturated rings. The number of sulfonamides is 1. The molecule has 0 aliphatic heterocycles. The van der Waals surface area contributed by atoms with Crippen LogP contribution in [-0.2, 0) is 15.8 Å². The first kappa shape index (κ1) is 15.5. The molecule has 0 heterocycles. The Morgan fingerprint density at radius 2 is 1.89 bits per heavy atom. The largest absolute Gasteiger partial charge is 0.218 e. The van der Waals surface area contributed by atoms with E-state index in [0.717, 1.165) is 12.8 Å². The zero-order valence-electron chi connectivity index (χ0n) is 10.9. The minimum Gasteiger partial charge on any atom is -0.212 e. The molecule has 0 atom stereocenters. The van der Waals surface area contributed by atoms with Gasteiger partial charge in [0, 0.05) is 18.1 Å². The van der Waals surface area contributed by atoms with Crippen molar-refractivity contribution >= 4 is 21.6 Å². The van der Waals surface area contributed by atoms with Crippen LogP contribution in [0.4, 0.5) is 0 Å². The summed E-state index contributed by atoms with van der Waals surface area (Å²) in [5, 5.41) is 0.507. The van der Waals surface area contributed by atoms with E-state index >= 15 is 0 Å². The van der Waals surface area contributed by atoms with E-state index in [9.17, 15) is 8.42 Å². The van der Waals surface area contributed by atoms with E-state index in [2.05, 4.69) is 6.92 Å². The molecule has 5 heteroatoms. The van der Waals surface area contributed by atoms with Crippen LogP contribution in [0, 0.1) is 0 Å². The lowest BCUT2D eigenvalue weighted by molar-refractivity contribution is 0.418. The van der Waals surface area contributed by atoms with Crippen LogP contribution >= 0.6 is 11.6 Å². The Hall–Kier alpha value is -0.580. The lowest BCUT2D eigenvalue weighted by Gasteiger charge is -2.20. The predicted octanol–water partition coefficient (Wildman–Crippen LogP) is 3.29. The molecule has 102 valence electrons. The first-order chi connectivity index (χ1) is 8.51. The van der Waals surface area contributed by atoms with Gasteiger partial charge in [-0.1, -0.05) is 50.1 Å². The molecule has 0 amide bonds. The Labute approximate surface area is 115 Å². The average Bonchev–Trinajstić information content (AvgIpc) is 2.32. The molecule has 0 aromatic heterocycles. The Balaban J connectivity index is 2.83. The van der Waals surface area contributed by atoms with Gasteiger partial charge in [-0.25, -0.2) is 12.7 Å². The van der Waals surface area contributed by atoms with E-state index in [1.165, 1.54) is 4.31 Å². The van der Waals surface area contributed by atoms with E-state index in [1.54, 1.807) is 24.3 Å². The van der Waals surface area contributed by atoms with Gasteiger partial charge in [-0.05, 0) is 18.1 Å². The second kappa shape index (κ2) is 7.12. The van der Waals surface area contributed by atoms with Gasteiger partial charge in [0.05, 0.1) is 5.75 Å². The first-order valence-corrected chi connectivity index (χ1v) is 8.21. The third kappa shape index (κ3) is 4.26. The molecule has 0 aliphatic rings. The van der Waals surface area contributed by atoms with Gasteiger partial charge in [-0.15, -0.1) is 0 Å². The predicted molar refractivity (Wildman–Crippen MR) is 76.2 cm³/mol. The summed E-state index contributed by atoms with van der Waals surface area (Å²) in [4.78, 5) is 0. The molecule has 0 spiro atoms. The topological polar surface area (TPSA) is 37.4 Å². The molecule has 0 saturated carbocycles. The molecule has 0 radical (unpaired) electrons. The molecule has 0 unspecified atom stereocenters. The third-order valence-electron chi connectivity index (χ3n) is 2.80. The Bertz CT molecular complexity index is 474. The van der Waals surface area contributed by atoms with Gasteiger partial charge >= 0.3 is 0 Å². The number of rotatable bonds is 7. The quantitative estimate of drug-likeness (QED) is 0.772. The monoisotopic (exact) mass is 289 g/mol. The van der Waals surface area contributed by atoms with Crippen LogP contribution in [0.3, 0.4) is 0 Å². The molecule has 1 aromatic rings. The highest BCUT2D eigenvalue weighted by Crippen LogP contribution is 2.19. The Morgan fingerprint density at radius 3 is 2.44 bits per heavy atom. The summed E-state index contributed by atoms with van der Waals surface area (Å²) in [5.41, 5.74) is 0.661. The van der Waals surface area contributed by atoms with E-state index in [0.29, 0.717) is 23.7 Å². The van der Waals surface area contributed by atoms with Crippen molar-refractivity contribution in [2.24, 2.45) is 0 Å². The lowest BCUT2D eigenvalue weighted by Crippen LogP contribution is -2.32. The number of hydrogen-bond acceptors (Lipinski definition) is 2. The fraction of sp³-hybridized carbons (Fsp3) is 0.538. The summed E-state index contributed by atoms with van der Waals surface area (Å²) in [7, 11) is -3.27. The molecule has 0 N–H and O–H groups in total. The fourth-order valence-corrected chi connectivity index (χ4v) is 3.64. The zero-order valence-corrected chi connectivity index (χ0v) is 12.5. The van der Waals surface area contributed by atoms with Gasteiger partial charge < -0.3 is 0 Å². The van der Waals surface area contributed by atoms with E-state index in [-0.39, 0.29) is 5.75 Å². The van der Waals surface area contributed by atoms with Crippen molar-refractivity contribution in [1.82, 2.24) is 4.31 Å². The number of unbranched alkanes of at least 4 members (excludes halogenated alkanes) is 1. The summed E-state index contributed by atoms with van der Waals surface area (Å²) < 4.78 is 26.0. The number of nitrogens with zero attached hydrogens (tertiary/aromatic N) is 1. The SMILES string of the molecule is CCCCN(CC)S(=O)(=O)Cc1ccccc1Cl. The van der Waals surface area contributed by atoms with Gasteiger partial charge in [0.1, 0.15) is 0 Å². The van der Waals surface area contributed by atoms with Gasteiger partial charge in [-0.3, -0.25) is 0 Å². The zero-order chi connectivity index (χ0) is 13.6. The van der Waals surface area contributed by atoms with Gasteiger partial charge in [-0.2, -0.15) is 0 Å². The van der Waals surface area contributed by atoms with E-state index in [1.807, 2.05) is 6.92 Å². The molecular weight excluding hydrogens is 270 g/mol. The number of benzene rings is 1. The normalized spacial score (nSPS) is 12.0. The molecule has 0 saturated heterocycles. The summed E-state index contributed by atoms with van der Waals surface area (Å²) in [6.07, 6.45) is 1.87. The first-order valence-electron chi connectivity index (χ1n) is 6.22. The number of hydrogen-bond donors (Lipinski definition) is 0. The second-order valence-electron chi connectivity index (χ2n) is 4.19. The smallest absolute Gasteiger partial charge is 0.212 e. The average molecular weight is 290 g/mol. The van der Waals surface area contributed by atoms with E-state index in [4.69, 9.17) is 11.6 Å². The summed E-state index contributed by atoms with van der Waals surface area (Å²) in [5.74, 6) is -0.0236. The minimum atomic E-state index is -3.27. The lowest BCUT2D eigenvalue weighted by atomic mass is 10.2. The van der Waals surface area contributed by atoms with Crippen LogP contribution in [0.1, 0.15) is 32.3 Å². The molecule has 0 aliphatic carbocycles. The van der Waals surface area contributed by atoms with Crippen LogP contribution < -0.4 is 0 Å². The van der Waals surface area contributed by atoms with Gasteiger partial charge in [0.15, 0.2) is 0 Å². The number of halogens is 1. The molecule has 3 nitrogen and oxygen atoms in total. The maximum Gasteiger partial charge on any atom is 0.218 e. The highest BCUT2D eigenvalue weighted by molar-refractivity contribution is 7.88. The van der Waals surface area contributed by atoms with Crippen molar-refractivity contribution in [2.75, 3.05) is 13.1 Å². The van der Waals surface area contributed by atoms with E-state index < -0.39 is 10.0 Å².